The van der Waals surface area contributed by atoms with Crippen LogP contribution in [0.1, 0.15) is 39.0 Å². The van der Waals surface area contributed by atoms with Crippen LogP contribution in [0.2, 0.25) is 0 Å². The topological polar surface area (TPSA) is 32.8 Å². The first-order chi connectivity index (χ1) is 9.24. The Kier molecular flexibility index (Phi) is 4.08. The smallest absolute Gasteiger partial charge is 0.248 e. The Bertz CT molecular complexity index is 330. The lowest BCUT2D eigenvalue weighted by molar-refractivity contribution is -0.143. The molecule has 108 valence electrons. The molecular formula is C15H26N2O2. The third-order valence-electron chi connectivity index (χ3n) is 4.78. The summed E-state index contributed by atoms with van der Waals surface area (Å²) in [5.41, 5.74) is 0. The van der Waals surface area contributed by atoms with Gasteiger partial charge in [-0.3, -0.25) is 9.69 Å². The normalized spacial score (nSPS) is 32.2. The standard InChI is InChI=1S/C15H26N2O2/c1-12-8-16-7-3-2-4-14(16)9-17(12)15(18)11-19-10-13-5-6-13/h12-14H,2-11H2,1H3/t12-,14-/m0/s1. The first-order valence-electron chi connectivity index (χ1n) is 7.85. The van der Waals surface area contributed by atoms with Crippen molar-refractivity contribution in [1.82, 2.24) is 9.80 Å². The third-order valence-corrected chi connectivity index (χ3v) is 4.78. The third kappa shape index (κ3) is 3.29. The van der Waals surface area contributed by atoms with Crippen LogP contribution in [0, 0.1) is 5.92 Å². The van der Waals surface area contributed by atoms with Gasteiger partial charge in [-0.25, -0.2) is 0 Å². The van der Waals surface area contributed by atoms with Gasteiger partial charge in [0, 0.05) is 25.2 Å². The van der Waals surface area contributed by atoms with Gasteiger partial charge < -0.3 is 9.64 Å². The van der Waals surface area contributed by atoms with Crippen LogP contribution in [0.25, 0.3) is 0 Å². The highest BCUT2D eigenvalue weighted by atomic mass is 16.5. The molecule has 0 aromatic carbocycles. The molecule has 0 bridgehead atoms. The number of amides is 1. The summed E-state index contributed by atoms with van der Waals surface area (Å²) in [5, 5.41) is 0. The number of carbonyl (C=O) groups is 1. The minimum atomic E-state index is 0.193. The summed E-state index contributed by atoms with van der Waals surface area (Å²) in [6, 6.07) is 0.934. The molecule has 0 aromatic heterocycles. The zero-order valence-electron chi connectivity index (χ0n) is 12.0. The maximum atomic E-state index is 12.3. The maximum absolute atomic E-state index is 12.3. The van der Waals surface area contributed by atoms with Crippen LogP contribution in [-0.2, 0) is 9.53 Å². The molecule has 0 radical (unpaired) electrons. The molecule has 0 spiro atoms. The molecule has 1 saturated carbocycles. The van der Waals surface area contributed by atoms with E-state index in [1.165, 1.54) is 38.6 Å². The van der Waals surface area contributed by atoms with E-state index in [9.17, 15) is 4.79 Å². The molecule has 3 fully saturated rings. The summed E-state index contributed by atoms with van der Waals surface area (Å²) in [5.74, 6) is 0.929. The molecule has 3 aliphatic rings. The molecule has 0 N–H and O–H groups in total. The summed E-state index contributed by atoms with van der Waals surface area (Å²) in [6.07, 6.45) is 6.45. The predicted molar refractivity (Wildman–Crippen MR) is 73.9 cm³/mol. The summed E-state index contributed by atoms with van der Waals surface area (Å²) < 4.78 is 5.55. The monoisotopic (exact) mass is 266 g/mol. The highest BCUT2D eigenvalue weighted by molar-refractivity contribution is 5.78. The van der Waals surface area contributed by atoms with Crippen molar-refractivity contribution in [2.75, 3.05) is 32.8 Å². The number of ether oxygens (including phenoxy) is 1. The molecule has 3 rings (SSSR count). The first-order valence-corrected chi connectivity index (χ1v) is 7.85. The number of piperazine rings is 1. The Balaban J connectivity index is 1.49. The number of hydrogen-bond donors (Lipinski definition) is 0. The van der Waals surface area contributed by atoms with Crippen molar-refractivity contribution in [3.8, 4) is 0 Å². The van der Waals surface area contributed by atoms with E-state index in [1.54, 1.807) is 0 Å². The Labute approximate surface area is 116 Å². The van der Waals surface area contributed by atoms with E-state index in [2.05, 4.69) is 16.7 Å². The van der Waals surface area contributed by atoms with Crippen LogP contribution in [0.5, 0.6) is 0 Å². The summed E-state index contributed by atoms with van der Waals surface area (Å²) in [7, 11) is 0. The van der Waals surface area contributed by atoms with Crippen LogP contribution in [-0.4, -0.2) is 60.6 Å². The second-order valence-electron chi connectivity index (χ2n) is 6.50. The molecular weight excluding hydrogens is 240 g/mol. The number of hydrogen-bond acceptors (Lipinski definition) is 3. The van der Waals surface area contributed by atoms with E-state index in [0.717, 1.165) is 25.6 Å². The molecule has 1 amide bonds. The van der Waals surface area contributed by atoms with Crippen molar-refractivity contribution >= 4 is 5.91 Å². The van der Waals surface area contributed by atoms with Gasteiger partial charge >= 0.3 is 0 Å². The largest absolute Gasteiger partial charge is 0.371 e. The fourth-order valence-corrected chi connectivity index (χ4v) is 3.38. The molecule has 0 unspecified atom stereocenters. The fourth-order valence-electron chi connectivity index (χ4n) is 3.38. The van der Waals surface area contributed by atoms with E-state index in [-0.39, 0.29) is 12.5 Å². The maximum Gasteiger partial charge on any atom is 0.248 e. The average Bonchev–Trinajstić information content (AvgIpc) is 3.22. The first kappa shape index (κ1) is 13.4. The van der Waals surface area contributed by atoms with Gasteiger partial charge in [0.05, 0.1) is 6.61 Å². The number of nitrogens with zero attached hydrogens (tertiary/aromatic N) is 2. The highest BCUT2D eigenvalue weighted by Crippen LogP contribution is 2.29. The average molecular weight is 266 g/mol. The molecule has 2 atom stereocenters. The number of rotatable bonds is 4. The van der Waals surface area contributed by atoms with E-state index < -0.39 is 0 Å². The van der Waals surface area contributed by atoms with Crippen LogP contribution < -0.4 is 0 Å². The second kappa shape index (κ2) is 5.80. The van der Waals surface area contributed by atoms with Gasteiger partial charge in [0.15, 0.2) is 0 Å². The van der Waals surface area contributed by atoms with Crippen LogP contribution in [0.15, 0.2) is 0 Å². The van der Waals surface area contributed by atoms with Crippen LogP contribution >= 0.6 is 0 Å². The molecule has 4 nitrogen and oxygen atoms in total. The van der Waals surface area contributed by atoms with E-state index in [4.69, 9.17) is 4.74 Å². The van der Waals surface area contributed by atoms with Gasteiger partial charge in [0.1, 0.15) is 6.61 Å². The lowest BCUT2D eigenvalue weighted by Crippen LogP contribution is -2.60. The number of piperidine rings is 1. The Morgan fingerprint density at radius 3 is 2.84 bits per heavy atom. The van der Waals surface area contributed by atoms with E-state index in [0.29, 0.717) is 12.1 Å². The molecule has 1 aliphatic carbocycles. The summed E-state index contributed by atoms with van der Waals surface area (Å²) in [4.78, 5) is 16.9. The van der Waals surface area contributed by atoms with Crippen LogP contribution in [0.3, 0.4) is 0 Å². The molecule has 19 heavy (non-hydrogen) atoms. The zero-order chi connectivity index (χ0) is 13.2. The van der Waals surface area contributed by atoms with Gasteiger partial charge in [0.25, 0.3) is 0 Å². The lowest BCUT2D eigenvalue weighted by atomic mass is 9.97. The minimum Gasteiger partial charge on any atom is -0.371 e. The predicted octanol–water partition coefficient (Wildman–Crippen LogP) is 1.50. The Morgan fingerprint density at radius 1 is 1.21 bits per heavy atom. The molecule has 2 saturated heterocycles. The molecule has 4 heteroatoms. The summed E-state index contributed by atoms with van der Waals surface area (Å²) >= 11 is 0. The van der Waals surface area contributed by atoms with Crippen molar-refractivity contribution in [2.45, 2.75) is 51.1 Å². The molecule has 0 aromatic rings. The summed E-state index contributed by atoms with van der Waals surface area (Å²) in [6.45, 7) is 6.40. The molecule has 2 heterocycles. The quantitative estimate of drug-likeness (QED) is 0.773. The van der Waals surface area contributed by atoms with Crippen molar-refractivity contribution in [3.63, 3.8) is 0 Å². The fraction of sp³-hybridized carbons (Fsp3) is 0.933. The van der Waals surface area contributed by atoms with Gasteiger partial charge in [-0.05, 0) is 45.1 Å². The van der Waals surface area contributed by atoms with Crippen molar-refractivity contribution < 1.29 is 9.53 Å². The minimum absolute atomic E-state index is 0.193. The lowest BCUT2D eigenvalue weighted by Gasteiger charge is -2.47. The Hall–Kier alpha value is -0.610. The van der Waals surface area contributed by atoms with Crippen LogP contribution in [0.4, 0.5) is 0 Å². The SMILES string of the molecule is C[C@H]1CN2CCCC[C@H]2CN1C(=O)COCC1CC1. The van der Waals surface area contributed by atoms with Gasteiger partial charge in [0.2, 0.25) is 5.91 Å². The van der Waals surface area contributed by atoms with Gasteiger partial charge in [-0.2, -0.15) is 0 Å². The van der Waals surface area contributed by atoms with Gasteiger partial charge in [-0.1, -0.05) is 6.42 Å². The number of carbonyl (C=O) groups excluding carboxylic acids is 1. The van der Waals surface area contributed by atoms with Crippen molar-refractivity contribution in [1.29, 1.82) is 0 Å². The van der Waals surface area contributed by atoms with Crippen molar-refractivity contribution in [3.05, 3.63) is 0 Å². The highest BCUT2D eigenvalue weighted by Gasteiger charge is 2.35. The number of fused-ring (bicyclic) bond motifs is 1. The van der Waals surface area contributed by atoms with Crippen molar-refractivity contribution in [2.24, 2.45) is 5.92 Å². The van der Waals surface area contributed by atoms with Gasteiger partial charge in [-0.15, -0.1) is 0 Å². The zero-order valence-corrected chi connectivity index (χ0v) is 12.0. The Morgan fingerprint density at radius 2 is 2.05 bits per heavy atom. The van der Waals surface area contributed by atoms with E-state index >= 15 is 0 Å². The second-order valence-corrected chi connectivity index (χ2v) is 6.50. The van der Waals surface area contributed by atoms with E-state index in [1.807, 2.05) is 0 Å². The molecule has 2 aliphatic heterocycles.